The van der Waals surface area contributed by atoms with Crippen molar-refractivity contribution < 1.29 is 13.9 Å². The van der Waals surface area contributed by atoms with Crippen molar-refractivity contribution in [2.75, 3.05) is 12.8 Å². The number of rotatable bonds is 4. The molecule has 0 saturated heterocycles. The van der Waals surface area contributed by atoms with Crippen LogP contribution < -0.4 is 15.2 Å². The molecule has 120 valence electrons. The Balaban J connectivity index is 1.74. The van der Waals surface area contributed by atoms with Gasteiger partial charge in [-0.05, 0) is 24.3 Å². The van der Waals surface area contributed by atoms with Crippen LogP contribution in [-0.2, 0) is 0 Å². The third-order valence-electron chi connectivity index (χ3n) is 3.34. The monoisotopic (exact) mass is 323 g/mol. The summed E-state index contributed by atoms with van der Waals surface area (Å²) in [4.78, 5) is 8.64. The number of fused-ring (bicyclic) bond motifs is 1. The summed E-state index contributed by atoms with van der Waals surface area (Å²) < 4.78 is 17.7. The maximum absolute atomic E-state index is 6.03. The molecule has 0 fully saturated rings. The van der Waals surface area contributed by atoms with Crippen molar-refractivity contribution in [1.29, 1.82) is 0 Å². The van der Waals surface area contributed by atoms with Crippen molar-refractivity contribution in [1.82, 2.24) is 19.6 Å². The van der Waals surface area contributed by atoms with Crippen molar-refractivity contribution in [2.24, 2.45) is 0 Å². The first kappa shape index (κ1) is 14.1. The van der Waals surface area contributed by atoms with Gasteiger partial charge in [-0.25, -0.2) is 0 Å². The number of methoxy groups -OCH3 is 1. The maximum atomic E-state index is 6.03. The van der Waals surface area contributed by atoms with Crippen molar-refractivity contribution in [3.63, 3.8) is 0 Å². The van der Waals surface area contributed by atoms with E-state index in [0.29, 0.717) is 40.6 Å². The number of nitrogen functional groups attached to an aromatic ring is 1. The molecule has 24 heavy (non-hydrogen) atoms. The topological polar surface area (TPSA) is 101 Å². The maximum Gasteiger partial charge on any atom is 0.258 e. The van der Waals surface area contributed by atoms with E-state index >= 15 is 0 Å². The second kappa shape index (κ2) is 5.58. The molecule has 0 atom stereocenters. The first-order valence-electron chi connectivity index (χ1n) is 7.12. The average Bonchev–Trinajstić information content (AvgIpc) is 3.24. The van der Waals surface area contributed by atoms with Gasteiger partial charge in [-0.3, -0.25) is 0 Å². The van der Waals surface area contributed by atoms with Crippen LogP contribution in [0, 0.1) is 0 Å². The Morgan fingerprint density at radius 1 is 1.08 bits per heavy atom. The van der Waals surface area contributed by atoms with Gasteiger partial charge >= 0.3 is 0 Å². The molecule has 3 heterocycles. The molecule has 4 rings (SSSR count). The molecule has 0 aliphatic heterocycles. The van der Waals surface area contributed by atoms with Crippen LogP contribution in [0.15, 0.2) is 53.1 Å². The lowest BCUT2D eigenvalue weighted by Gasteiger charge is -2.09. The third-order valence-corrected chi connectivity index (χ3v) is 3.34. The molecule has 0 saturated carbocycles. The zero-order valence-corrected chi connectivity index (χ0v) is 12.7. The number of anilines is 1. The molecule has 1 aromatic carbocycles. The van der Waals surface area contributed by atoms with Gasteiger partial charge < -0.3 is 19.6 Å². The number of furan rings is 1. The van der Waals surface area contributed by atoms with Crippen LogP contribution in [0.25, 0.3) is 17.4 Å². The summed E-state index contributed by atoms with van der Waals surface area (Å²) in [5.41, 5.74) is 6.03. The standard InChI is InChI=1S/C16H13N5O3/c1-22-10-5-2-3-6-11(10)24-14-9-13(17)21-16(18-14)19-15(20-21)12-7-4-8-23-12/h2-9H,17H2,1H3. The summed E-state index contributed by atoms with van der Waals surface area (Å²) in [5.74, 6) is 3.00. The van der Waals surface area contributed by atoms with Gasteiger partial charge in [-0.2, -0.15) is 14.5 Å². The number of ether oxygens (including phenoxy) is 2. The molecule has 0 radical (unpaired) electrons. The van der Waals surface area contributed by atoms with E-state index in [2.05, 4.69) is 15.1 Å². The molecule has 0 bridgehead atoms. The Morgan fingerprint density at radius 3 is 2.67 bits per heavy atom. The van der Waals surface area contributed by atoms with Crippen LogP contribution in [0.2, 0.25) is 0 Å². The number of benzene rings is 1. The van der Waals surface area contributed by atoms with Gasteiger partial charge in [0.15, 0.2) is 17.3 Å². The van der Waals surface area contributed by atoms with E-state index in [-0.39, 0.29) is 0 Å². The first-order chi connectivity index (χ1) is 11.7. The van der Waals surface area contributed by atoms with Gasteiger partial charge in [0.25, 0.3) is 5.78 Å². The Morgan fingerprint density at radius 2 is 1.92 bits per heavy atom. The lowest BCUT2D eigenvalue weighted by Crippen LogP contribution is -2.02. The van der Waals surface area contributed by atoms with E-state index in [1.54, 1.807) is 43.7 Å². The Hall–Kier alpha value is -3.55. The largest absolute Gasteiger partial charge is 0.493 e. The van der Waals surface area contributed by atoms with Gasteiger partial charge in [0.05, 0.1) is 13.4 Å². The molecule has 8 heteroatoms. The minimum Gasteiger partial charge on any atom is -0.493 e. The molecule has 0 amide bonds. The van der Waals surface area contributed by atoms with Gasteiger partial charge in [0.2, 0.25) is 11.7 Å². The highest BCUT2D eigenvalue weighted by atomic mass is 16.5. The van der Waals surface area contributed by atoms with Gasteiger partial charge in [0.1, 0.15) is 5.82 Å². The molecule has 0 unspecified atom stereocenters. The van der Waals surface area contributed by atoms with E-state index in [1.807, 2.05) is 12.1 Å². The molecular formula is C16H13N5O3. The lowest BCUT2D eigenvalue weighted by molar-refractivity contribution is 0.374. The van der Waals surface area contributed by atoms with Crippen molar-refractivity contribution >= 4 is 11.6 Å². The molecule has 0 spiro atoms. The first-order valence-corrected chi connectivity index (χ1v) is 7.12. The molecule has 4 aromatic rings. The van der Waals surface area contributed by atoms with Gasteiger partial charge in [-0.1, -0.05) is 12.1 Å². The zero-order valence-electron chi connectivity index (χ0n) is 12.7. The van der Waals surface area contributed by atoms with E-state index in [1.165, 1.54) is 4.52 Å². The number of hydrogen-bond acceptors (Lipinski definition) is 7. The fourth-order valence-electron chi connectivity index (χ4n) is 2.25. The fraction of sp³-hybridized carbons (Fsp3) is 0.0625. The summed E-state index contributed by atoms with van der Waals surface area (Å²) in [5, 5.41) is 4.28. The predicted molar refractivity (Wildman–Crippen MR) is 86.0 cm³/mol. The highest BCUT2D eigenvalue weighted by molar-refractivity contribution is 5.54. The highest BCUT2D eigenvalue weighted by Gasteiger charge is 2.14. The number of nitrogens with two attached hydrogens (primary N) is 1. The molecule has 0 aliphatic rings. The highest BCUT2D eigenvalue weighted by Crippen LogP contribution is 2.31. The van der Waals surface area contributed by atoms with Crippen LogP contribution in [0.4, 0.5) is 5.82 Å². The molecule has 0 aliphatic carbocycles. The Labute approximate surface area is 136 Å². The van der Waals surface area contributed by atoms with Gasteiger partial charge in [0, 0.05) is 6.07 Å². The third kappa shape index (κ3) is 2.39. The minimum atomic E-state index is 0.294. The quantitative estimate of drug-likeness (QED) is 0.616. The smallest absolute Gasteiger partial charge is 0.258 e. The molecule has 8 nitrogen and oxygen atoms in total. The number of hydrogen-bond donors (Lipinski definition) is 1. The Bertz CT molecular complexity index is 994. The normalized spacial score (nSPS) is 10.9. The summed E-state index contributed by atoms with van der Waals surface area (Å²) in [6.07, 6.45) is 1.55. The van der Waals surface area contributed by atoms with Gasteiger partial charge in [-0.15, -0.1) is 5.10 Å². The van der Waals surface area contributed by atoms with Crippen molar-refractivity contribution in [3.05, 3.63) is 48.7 Å². The molecular weight excluding hydrogens is 310 g/mol. The summed E-state index contributed by atoms with van der Waals surface area (Å²) in [6, 6.07) is 12.4. The number of aromatic nitrogens is 4. The van der Waals surface area contributed by atoms with E-state index in [9.17, 15) is 0 Å². The second-order valence-electron chi connectivity index (χ2n) is 4.90. The van der Waals surface area contributed by atoms with Crippen LogP contribution in [0.5, 0.6) is 17.4 Å². The molecule has 3 aromatic heterocycles. The SMILES string of the molecule is COc1ccccc1Oc1cc(N)n2nc(-c3ccco3)nc2n1. The number of para-hydroxylation sites is 2. The van der Waals surface area contributed by atoms with Crippen molar-refractivity contribution in [2.45, 2.75) is 0 Å². The van der Waals surface area contributed by atoms with Crippen molar-refractivity contribution in [3.8, 4) is 29.0 Å². The Kier molecular flexibility index (Phi) is 3.27. The van der Waals surface area contributed by atoms with Crippen LogP contribution in [-0.4, -0.2) is 26.7 Å². The number of nitrogens with zero attached hydrogens (tertiary/aromatic N) is 4. The predicted octanol–water partition coefficient (Wildman–Crippen LogP) is 2.77. The fourth-order valence-corrected chi connectivity index (χ4v) is 2.25. The second-order valence-corrected chi connectivity index (χ2v) is 4.90. The van der Waals surface area contributed by atoms with E-state index < -0.39 is 0 Å². The average molecular weight is 323 g/mol. The molecule has 2 N–H and O–H groups in total. The van der Waals surface area contributed by atoms with Crippen LogP contribution in [0.1, 0.15) is 0 Å². The summed E-state index contributed by atoms with van der Waals surface area (Å²) >= 11 is 0. The van der Waals surface area contributed by atoms with Crippen LogP contribution in [0.3, 0.4) is 0 Å². The minimum absolute atomic E-state index is 0.294. The summed E-state index contributed by atoms with van der Waals surface area (Å²) in [7, 11) is 1.57. The lowest BCUT2D eigenvalue weighted by atomic mass is 10.3. The zero-order chi connectivity index (χ0) is 16.5. The summed E-state index contributed by atoms with van der Waals surface area (Å²) in [6.45, 7) is 0. The van der Waals surface area contributed by atoms with Crippen LogP contribution >= 0.6 is 0 Å². The van der Waals surface area contributed by atoms with E-state index in [0.717, 1.165) is 0 Å². The van der Waals surface area contributed by atoms with E-state index in [4.69, 9.17) is 19.6 Å².